The Morgan fingerprint density at radius 3 is 2.58 bits per heavy atom. The molecule has 0 spiro atoms. The van der Waals surface area contributed by atoms with Crippen LogP contribution >= 0.6 is 0 Å². The first-order valence-electron chi connectivity index (χ1n) is 9.69. The van der Waals surface area contributed by atoms with Crippen LogP contribution in [-0.4, -0.2) is 0 Å². The minimum absolute atomic E-state index is 0.206. The molecule has 1 saturated carbocycles. The standard InChI is InChI=1S/C23H31F/c1-3-5-6-9-20-12-14-21(15-13-20)10-7-8-11-22-17-16-19(4-2)18-23(22)24/h7,10,16-18,20-21H,3-6,9,12-15H2,1-2H3/t20-,21-. The van der Waals surface area contributed by atoms with Crippen molar-refractivity contribution in [2.45, 2.75) is 71.6 Å². The Morgan fingerprint density at radius 2 is 1.92 bits per heavy atom. The number of allylic oxidation sites excluding steroid dienone is 2. The summed E-state index contributed by atoms with van der Waals surface area (Å²) in [7, 11) is 0. The zero-order chi connectivity index (χ0) is 17.2. The van der Waals surface area contributed by atoms with E-state index in [1.54, 1.807) is 12.1 Å². The Hall–Kier alpha value is -1.55. The zero-order valence-electron chi connectivity index (χ0n) is 15.3. The van der Waals surface area contributed by atoms with Crippen LogP contribution in [0.1, 0.15) is 76.3 Å². The fraction of sp³-hybridized carbons (Fsp3) is 0.565. The van der Waals surface area contributed by atoms with Gasteiger partial charge in [-0.2, -0.15) is 0 Å². The summed E-state index contributed by atoms with van der Waals surface area (Å²) in [6.07, 6.45) is 15.8. The summed E-state index contributed by atoms with van der Waals surface area (Å²) in [5.74, 6) is 7.34. The largest absolute Gasteiger partial charge is 0.206 e. The highest BCUT2D eigenvalue weighted by molar-refractivity contribution is 5.39. The van der Waals surface area contributed by atoms with Gasteiger partial charge < -0.3 is 0 Å². The van der Waals surface area contributed by atoms with Crippen LogP contribution in [0.3, 0.4) is 0 Å². The molecule has 1 aliphatic rings. The Balaban J connectivity index is 1.77. The maximum absolute atomic E-state index is 13.9. The molecule has 0 unspecified atom stereocenters. The Bertz CT molecular complexity index is 580. The van der Waals surface area contributed by atoms with E-state index in [0.717, 1.165) is 17.9 Å². The summed E-state index contributed by atoms with van der Waals surface area (Å²) in [6.45, 7) is 4.30. The third-order valence-corrected chi connectivity index (χ3v) is 5.21. The topological polar surface area (TPSA) is 0 Å². The molecule has 24 heavy (non-hydrogen) atoms. The summed E-state index contributed by atoms with van der Waals surface area (Å²) < 4.78 is 13.9. The van der Waals surface area contributed by atoms with Crippen molar-refractivity contribution < 1.29 is 4.39 Å². The first-order chi connectivity index (χ1) is 11.7. The average molecular weight is 326 g/mol. The number of aryl methyl sites for hydroxylation is 1. The molecular weight excluding hydrogens is 295 g/mol. The highest BCUT2D eigenvalue weighted by atomic mass is 19.1. The molecule has 1 fully saturated rings. The predicted molar refractivity (Wildman–Crippen MR) is 101 cm³/mol. The predicted octanol–water partition coefficient (Wildman–Crippen LogP) is 6.68. The molecule has 0 saturated heterocycles. The van der Waals surface area contributed by atoms with Crippen molar-refractivity contribution >= 4 is 0 Å². The van der Waals surface area contributed by atoms with Crippen molar-refractivity contribution in [2.24, 2.45) is 11.8 Å². The van der Waals surface area contributed by atoms with Crippen molar-refractivity contribution in [1.82, 2.24) is 0 Å². The Labute approximate surface area is 147 Å². The van der Waals surface area contributed by atoms with Gasteiger partial charge in [-0.05, 0) is 67.7 Å². The number of hydrogen-bond donors (Lipinski definition) is 0. The molecule has 0 heterocycles. The van der Waals surface area contributed by atoms with Gasteiger partial charge in [-0.25, -0.2) is 4.39 Å². The summed E-state index contributed by atoms with van der Waals surface area (Å²) in [5, 5.41) is 0. The Morgan fingerprint density at radius 1 is 1.12 bits per heavy atom. The third-order valence-electron chi connectivity index (χ3n) is 5.21. The molecule has 0 amide bonds. The molecule has 0 nitrogen and oxygen atoms in total. The van der Waals surface area contributed by atoms with Crippen LogP contribution in [0.2, 0.25) is 0 Å². The fourth-order valence-corrected chi connectivity index (χ4v) is 3.54. The monoisotopic (exact) mass is 326 g/mol. The molecule has 0 aromatic heterocycles. The summed E-state index contributed by atoms with van der Waals surface area (Å²) in [4.78, 5) is 0. The molecule has 1 aromatic rings. The highest BCUT2D eigenvalue weighted by Crippen LogP contribution is 2.32. The second-order valence-electron chi connectivity index (χ2n) is 7.07. The van der Waals surface area contributed by atoms with Gasteiger partial charge in [0.15, 0.2) is 0 Å². The number of hydrogen-bond acceptors (Lipinski definition) is 0. The molecule has 1 aliphatic carbocycles. The number of benzene rings is 1. The molecule has 130 valence electrons. The van der Waals surface area contributed by atoms with Gasteiger partial charge >= 0.3 is 0 Å². The number of unbranched alkanes of at least 4 members (excludes halogenated alkanes) is 2. The van der Waals surface area contributed by atoms with Crippen LogP contribution in [0.4, 0.5) is 4.39 Å². The molecule has 0 aliphatic heterocycles. The quantitative estimate of drug-likeness (QED) is 0.404. The molecule has 0 radical (unpaired) electrons. The smallest absolute Gasteiger partial charge is 0.139 e. The van der Waals surface area contributed by atoms with Crippen molar-refractivity contribution in [3.63, 3.8) is 0 Å². The van der Waals surface area contributed by atoms with E-state index in [-0.39, 0.29) is 5.82 Å². The maximum atomic E-state index is 13.9. The van der Waals surface area contributed by atoms with Crippen LogP contribution in [0.5, 0.6) is 0 Å². The van der Waals surface area contributed by atoms with Crippen molar-refractivity contribution in [1.29, 1.82) is 0 Å². The van der Waals surface area contributed by atoms with E-state index in [1.807, 2.05) is 19.1 Å². The van der Waals surface area contributed by atoms with Gasteiger partial charge in [-0.15, -0.1) is 0 Å². The van der Waals surface area contributed by atoms with Gasteiger partial charge in [0.05, 0.1) is 5.56 Å². The highest BCUT2D eigenvalue weighted by Gasteiger charge is 2.18. The van der Waals surface area contributed by atoms with E-state index in [0.29, 0.717) is 11.5 Å². The van der Waals surface area contributed by atoms with Gasteiger partial charge in [-0.3, -0.25) is 0 Å². The average Bonchev–Trinajstić information content (AvgIpc) is 2.61. The molecule has 1 heteroatoms. The third kappa shape index (κ3) is 6.16. The second kappa shape index (κ2) is 10.3. The first kappa shape index (κ1) is 18.8. The first-order valence-corrected chi connectivity index (χ1v) is 9.69. The summed E-state index contributed by atoms with van der Waals surface area (Å²) >= 11 is 0. The van der Waals surface area contributed by atoms with Crippen LogP contribution < -0.4 is 0 Å². The minimum Gasteiger partial charge on any atom is -0.206 e. The fourth-order valence-electron chi connectivity index (χ4n) is 3.54. The molecular formula is C23H31F. The lowest BCUT2D eigenvalue weighted by atomic mass is 9.79. The molecule has 0 bridgehead atoms. The van der Waals surface area contributed by atoms with E-state index < -0.39 is 0 Å². The summed E-state index contributed by atoms with van der Waals surface area (Å²) in [6, 6.07) is 5.33. The molecule has 2 rings (SSSR count). The minimum atomic E-state index is -0.206. The molecule has 1 aromatic carbocycles. The number of halogens is 1. The second-order valence-corrected chi connectivity index (χ2v) is 7.07. The summed E-state index contributed by atoms with van der Waals surface area (Å²) in [5.41, 5.74) is 1.51. The van der Waals surface area contributed by atoms with Gasteiger partial charge in [0.25, 0.3) is 0 Å². The van der Waals surface area contributed by atoms with Crippen LogP contribution in [0.25, 0.3) is 0 Å². The maximum Gasteiger partial charge on any atom is 0.139 e. The van der Waals surface area contributed by atoms with Crippen molar-refractivity contribution in [2.75, 3.05) is 0 Å². The van der Waals surface area contributed by atoms with Crippen molar-refractivity contribution in [3.8, 4) is 11.8 Å². The molecule has 0 N–H and O–H groups in total. The van der Waals surface area contributed by atoms with E-state index in [1.165, 1.54) is 51.4 Å². The lowest BCUT2D eigenvalue weighted by molar-refractivity contribution is 0.289. The van der Waals surface area contributed by atoms with Gasteiger partial charge in [0.2, 0.25) is 0 Å². The Kier molecular flexibility index (Phi) is 8.10. The number of rotatable bonds is 6. The lowest BCUT2D eigenvalue weighted by Crippen LogP contribution is -2.12. The zero-order valence-corrected chi connectivity index (χ0v) is 15.3. The van der Waals surface area contributed by atoms with Crippen LogP contribution in [0, 0.1) is 29.5 Å². The van der Waals surface area contributed by atoms with E-state index in [4.69, 9.17) is 0 Å². The van der Waals surface area contributed by atoms with Gasteiger partial charge in [0, 0.05) is 0 Å². The SMILES string of the molecule is CCCCC[C@H]1CC[C@H](C=CC#Cc2ccc(CC)cc2F)CC1. The van der Waals surface area contributed by atoms with Gasteiger partial charge in [0.1, 0.15) is 5.82 Å². The normalized spacial score (nSPS) is 20.8. The van der Waals surface area contributed by atoms with E-state index in [9.17, 15) is 4.39 Å². The van der Waals surface area contributed by atoms with Gasteiger partial charge in [-0.1, -0.05) is 63.5 Å². The van der Waals surface area contributed by atoms with Crippen LogP contribution in [-0.2, 0) is 6.42 Å². The van der Waals surface area contributed by atoms with Crippen molar-refractivity contribution in [3.05, 3.63) is 47.3 Å². The lowest BCUT2D eigenvalue weighted by Gasteiger charge is -2.26. The van der Waals surface area contributed by atoms with E-state index >= 15 is 0 Å². The molecule has 0 atom stereocenters. The van der Waals surface area contributed by atoms with Crippen LogP contribution in [0.15, 0.2) is 30.4 Å². The van der Waals surface area contributed by atoms with E-state index in [2.05, 4.69) is 24.8 Å².